The maximum Gasteiger partial charge on any atom is 0.314 e. The van der Waals surface area contributed by atoms with Crippen molar-refractivity contribution in [2.24, 2.45) is 0 Å². The van der Waals surface area contributed by atoms with Gasteiger partial charge in [-0.15, -0.1) is 0 Å². The van der Waals surface area contributed by atoms with Gasteiger partial charge in [-0.25, -0.2) is 4.79 Å². The monoisotopic (exact) mass is 274 g/mol. The topological polar surface area (TPSA) is 98.7 Å². The normalized spacial score (nSPS) is 11.1. The van der Waals surface area contributed by atoms with Crippen LogP contribution in [0.4, 0.5) is 4.79 Å². The fourth-order valence-electron chi connectivity index (χ4n) is 1.98. The van der Waals surface area contributed by atoms with Crippen molar-refractivity contribution in [1.82, 2.24) is 10.6 Å². The van der Waals surface area contributed by atoms with E-state index in [1.807, 2.05) is 13.8 Å². The number of carboxylic acids is 1. The maximum atomic E-state index is 11.5. The number of carbonyl (C=O) groups excluding carboxylic acids is 1. The zero-order chi connectivity index (χ0) is 14.7. The first-order valence-corrected chi connectivity index (χ1v) is 6.89. The minimum atomic E-state index is -0.873. The first kappa shape index (κ1) is 17.7. The highest BCUT2D eigenvalue weighted by molar-refractivity contribution is 5.74. The fraction of sp³-hybridized carbons (Fsp3) is 0.846. The van der Waals surface area contributed by atoms with Crippen molar-refractivity contribution in [3.63, 3.8) is 0 Å². The Labute approximate surface area is 114 Å². The molecule has 0 fully saturated rings. The van der Waals surface area contributed by atoms with Crippen LogP contribution in [0.3, 0.4) is 0 Å². The summed E-state index contributed by atoms with van der Waals surface area (Å²) in [5.74, 6) is -0.873. The third-order valence-electron chi connectivity index (χ3n) is 2.86. The molecule has 19 heavy (non-hydrogen) atoms. The van der Waals surface area contributed by atoms with E-state index in [9.17, 15) is 14.7 Å². The Kier molecular flexibility index (Phi) is 8.95. The number of aliphatic hydroxyl groups is 1. The summed E-state index contributed by atoms with van der Waals surface area (Å²) in [6, 6.07) is -0.365. The first-order valence-electron chi connectivity index (χ1n) is 6.89. The molecule has 0 aliphatic heterocycles. The van der Waals surface area contributed by atoms with Gasteiger partial charge in [-0.05, 0) is 19.3 Å². The van der Waals surface area contributed by atoms with E-state index in [1.165, 1.54) is 0 Å². The van der Waals surface area contributed by atoms with Crippen LogP contribution < -0.4 is 10.6 Å². The van der Waals surface area contributed by atoms with Crippen LogP contribution in [0.1, 0.15) is 52.4 Å². The zero-order valence-corrected chi connectivity index (χ0v) is 11.9. The third-order valence-corrected chi connectivity index (χ3v) is 2.86. The minimum Gasteiger partial charge on any atom is -0.481 e. The summed E-state index contributed by atoms with van der Waals surface area (Å²) in [5.41, 5.74) is -0.845. The molecule has 6 heteroatoms. The molecule has 112 valence electrons. The van der Waals surface area contributed by atoms with E-state index in [0.717, 1.165) is 12.8 Å². The Morgan fingerprint density at radius 3 is 2.16 bits per heavy atom. The second-order valence-electron chi connectivity index (χ2n) is 4.83. The maximum absolute atomic E-state index is 11.5. The molecule has 0 saturated heterocycles. The second kappa shape index (κ2) is 9.61. The summed E-state index contributed by atoms with van der Waals surface area (Å²) < 4.78 is 0. The lowest BCUT2D eigenvalue weighted by atomic mass is 9.93. The van der Waals surface area contributed by atoms with Crippen molar-refractivity contribution in [2.45, 2.75) is 58.0 Å². The molecule has 0 spiro atoms. The van der Waals surface area contributed by atoms with E-state index >= 15 is 0 Å². The van der Waals surface area contributed by atoms with E-state index < -0.39 is 11.6 Å². The summed E-state index contributed by atoms with van der Waals surface area (Å²) >= 11 is 0. The van der Waals surface area contributed by atoms with E-state index in [4.69, 9.17) is 5.11 Å². The molecular formula is C13H26N2O4. The number of urea groups is 1. The Balaban J connectivity index is 3.88. The number of amides is 2. The number of carboxylic acid groups (broad SMARTS) is 1. The molecule has 4 N–H and O–H groups in total. The summed E-state index contributed by atoms with van der Waals surface area (Å²) in [4.78, 5) is 21.7. The zero-order valence-electron chi connectivity index (χ0n) is 11.9. The molecule has 0 rings (SSSR count). The predicted molar refractivity (Wildman–Crippen MR) is 73.0 cm³/mol. The van der Waals surface area contributed by atoms with Crippen molar-refractivity contribution in [2.75, 3.05) is 13.1 Å². The molecule has 0 radical (unpaired) electrons. The number of rotatable bonds is 10. The van der Waals surface area contributed by atoms with Crippen molar-refractivity contribution in [3.8, 4) is 0 Å². The van der Waals surface area contributed by atoms with Gasteiger partial charge >= 0.3 is 12.0 Å². The van der Waals surface area contributed by atoms with Crippen molar-refractivity contribution < 1.29 is 19.8 Å². The lowest BCUT2D eigenvalue weighted by molar-refractivity contribution is -0.137. The average molecular weight is 274 g/mol. The number of hydrogen-bond acceptors (Lipinski definition) is 3. The van der Waals surface area contributed by atoms with Gasteiger partial charge in [0, 0.05) is 19.5 Å². The van der Waals surface area contributed by atoms with Crippen LogP contribution in [0.15, 0.2) is 0 Å². The SMILES string of the molecule is CCCC(O)(CCC)CNC(=O)NCCCC(=O)O. The smallest absolute Gasteiger partial charge is 0.314 e. The van der Waals surface area contributed by atoms with E-state index in [0.29, 0.717) is 25.8 Å². The Hall–Kier alpha value is -1.30. The molecule has 6 nitrogen and oxygen atoms in total. The van der Waals surface area contributed by atoms with Gasteiger partial charge in [-0.2, -0.15) is 0 Å². The molecule has 0 aromatic heterocycles. The number of nitrogens with one attached hydrogen (secondary N) is 2. The fourth-order valence-corrected chi connectivity index (χ4v) is 1.98. The Bertz CT molecular complexity index is 276. The summed E-state index contributed by atoms with van der Waals surface area (Å²) in [6.45, 7) is 4.52. The van der Waals surface area contributed by atoms with Gasteiger partial charge in [0.15, 0.2) is 0 Å². The average Bonchev–Trinajstić information content (AvgIpc) is 2.33. The van der Waals surface area contributed by atoms with Crippen LogP contribution in [-0.4, -0.2) is 40.9 Å². The molecule has 0 saturated carbocycles. The van der Waals surface area contributed by atoms with Crippen LogP contribution in [0, 0.1) is 0 Å². The number of aliphatic carboxylic acids is 1. The quantitative estimate of drug-likeness (QED) is 0.453. The molecule has 0 unspecified atom stereocenters. The van der Waals surface area contributed by atoms with Crippen LogP contribution in [-0.2, 0) is 4.79 Å². The summed E-state index contributed by atoms with van der Waals surface area (Å²) in [6.07, 6.45) is 3.46. The summed E-state index contributed by atoms with van der Waals surface area (Å²) in [5, 5.41) is 23.9. The first-order chi connectivity index (χ1) is 8.93. The van der Waals surface area contributed by atoms with Crippen LogP contribution in [0.2, 0.25) is 0 Å². The van der Waals surface area contributed by atoms with Gasteiger partial charge in [-0.1, -0.05) is 26.7 Å². The van der Waals surface area contributed by atoms with Gasteiger partial charge in [0.1, 0.15) is 0 Å². The van der Waals surface area contributed by atoms with Crippen molar-refractivity contribution in [3.05, 3.63) is 0 Å². The van der Waals surface area contributed by atoms with Gasteiger partial charge < -0.3 is 20.8 Å². The Morgan fingerprint density at radius 2 is 1.68 bits per heavy atom. The molecule has 2 amide bonds. The predicted octanol–water partition coefficient (Wildman–Crippen LogP) is 1.48. The second-order valence-corrected chi connectivity index (χ2v) is 4.83. The Morgan fingerprint density at radius 1 is 1.11 bits per heavy atom. The molecule has 0 aromatic rings. The number of carbonyl (C=O) groups is 2. The molecule has 0 aliphatic rings. The minimum absolute atomic E-state index is 0.0376. The molecule has 0 aromatic carbocycles. The van der Waals surface area contributed by atoms with Gasteiger partial charge in [0.05, 0.1) is 5.60 Å². The number of hydrogen-bond donors (Lipinski definition) is 4. The molecule has 0 atom stereocenters. The lowest BCUT2D eigenvalue weighted by Gasteiger charge is -2.27. The van der Waals surface area contributed by atoms with Crippen LogP contribution >= 0.6 is 0 Å². The van der Waals surface area contributed by atoms with Gasteiger partial charge in [0.25, 0.3) is 0 Å². The highest BCUT2D eigenvalue weighted by Gasteiger charge is 2.25. The van der Waals surface area contributed by atoms with E-state index in [2.05, 4.69) is 10.6 Å². The van der Waals surface area contributed by atoms with Crippen LogP contribution in [0.25, 0.3) is 0 Å². The largest absolute Gasteiger partial charge is 0.481 e. The highest BCUT2D eigenvalue weighted by atomic mass is 16.4. The third kappa shape index (κ3) is 9.30. The molecule has 0 heterocycles. The van der Waals surface area contributed by atoms with Crippen LogP contribution in [0.5, 0.6) is 0 Å². The van der Waals surface area contributed by atoms with E-state index in [-0.39, 0.29) is 19.0 Å². The van der Waals surface area contributed by atoms with E-state index in [1.54, 1.807) is 0 Å². The highest BCUT2D eigenvalue weighted by Crippen LogP contribution is 2.18. The molecule has 0 bridgehead atoms. The van der Waals surface area contributed by atoms with Crippen molar-refractivity contribution in [1.29, 1.82) is 0 Å². The molecule has 0 aliphatic carbocycles. The molecular weight excluding hydrogens is 248 g/mol. The van der Waals surface area contributed by atoms with Gasteiger partial charge in [0.2, 0.25) is 0 Å². The standard InChI is InChI=1S/C13H26N2O4/c1-3-7-13(19,8-4-2)10-15-12(18)14-9-5-6-11(16)17/h19H,3-10H2,1-2H3,(H,16,17)(H2,14,15,18). The van der Waals surface area contributed by atoms with Gasteiger partial charge in [-0.3, -0.25) is 4.79 Å². The summed E-state index contributed by atoms with van der Waals surface area (Å²) in [7, 11) is 0. The lowest BCUT2D eigenvalue weighted by Crippen LogP contribution is -2.46. The van der Waals surface area contributed by atoms with Crippen molar-refractivity contribution >= 4 is 12.0 Å².